The van der Waals surface area contributed by atoms with Gasteiger partial charge in [-0.05, 0) is 43.4 Å². The molecule has 2 aliphatic heterocycles. The number of fused-ring (bicyclic) bond motifs is 2. The van der Waals surface area contributed by atoms with Crippen molar-refractivity contribution >= 4 is 11.9 Å². The van der Waals surface area contributed by atoms with Crippen molar-refractivity contribution in [2.45, 2.75) is 44.4 Å². The number of nitrogens with zero attached hydrogens (tertiary/aromatic N) is 1. The summed E-state index contributed by atoms with van der Waals surface area (Å²) in [4.78, 5) is 27.5. The molecule has 2 bridgehead atoms. The molecule has 0 saturated carbocycles. The highest BCUT2D eigenvalue weighted by Crippen LogP contribution is 2.41. The molecule has 2 atom stereocenters. The van der Waals surface area contributed by atoms with Crippen LogP contribution in [0.2, 0.25) is 0 Å². The summed E-state index contributed by atoms with van der Waals surface area (Å²) in [5.74, 6) is -0.428. The van der Waals surface area contributed by atoms with Crippen molar-refractivity contribution in [3.8, 4) is 5.75 Å². The molecule has 6 heteroatoms. The summed E-state index contributed by atoms with van der Waals surface area (Å²) in [6, 6.07) is 13.6. The van der Waals surface area contributed by atoms with Gasteiger partial charge in [0.05, 0.1) is 12.7 Å². The molecule has 2 aromatic carbocycles. The molecule has 152 valence electrons. The predicted molar refractivity (Wildman–Crippen MR) is 105 cm³/mol. The molecule has 1 amide bonds. The summed E-state index contributed by atoms with van der Waals surface area (Å²) in [5.41, 5.74) is 1.35. The minimum Gasteiger partial charge on any atom is -0.496 e. The molecule has 4 rings (SSSR count). The molecule has 0 N–H and O–H groups in total. The molecule has 0 spiro atoms. The quantitative estimate of drug-likeness (QED) is 0.692. The number of piperidine rings is 1. The lowest BCUT2D eigenvalue weighted by atomic mass is 9.84. The van der Waals surface area contributed by atoms with Crippen LogP contribution in [0.5, 0.6) is 5.75 Å². The lowest BCUT2D eigenvalue weighted by molar-refractivity contribution is 0.0484. The second kappa shape index (κ2) is 8.23. The van der Waals surface area contributed by atoms with Gasteiger partial charge in [-0.1, -0.05) is 30.3 Å². The fourth-order valence-electron chi connectivity index (χ4n) is 4.57. The molecule has 2 fully saturated rings. The van der Waals surface area contributed by atoms with E-state index >= 15 is 0 Å². The molecule has 2 aliphatic rings. The number of hydrogen-bond acceptors (Lipinski definition) is 4. The standard InChI is InChI=1S/C23H24FNO4/c1-28-21-13-17(24)7-10-20(21)22(26)16-11-18-8-9-19(12-16)25(18)23(27)29-14-15-5-3-2-4-6-15/h2-7,10,13,16,18-19H,8-9,11-12,14H2,1H3. The highest BCUT2D eigenvalue weighted by atomic mass is 19.1. The largest absolute Gasteiger partial charge is 0.496 e. The third-order valence-electron chi connectivity index (χ3n) is 5.95. The maximum atomic E-state index is 13.5. The summed E-state index contributed by atoms with van der Waals surface area (Å²) in [5, 5.41) is 0. The number of methoxy groups -OCH3 is 1. The summed E-state index contributed by atoms with van der Waals surface area (Å²) in [7, 11) is 1.43. The number of Topliss-reactive ketones (excluding diaryl/α,β-unsaturated/α-hetero) is 1. The zero-order valence-corrected chi connectivity index (χ0v) is 16.3. The van der Waals surface area contributed by atoms with Crippen molar-refractivity contribution < 1.29 is 23.5 Å². The number of benzene rings is 2. The third kappa shape index (κ3) is 3.97. The maximum Gasteiger partial charge on any atom is 0.410 e. The van der Waals surface area contributed by atoms with E-state index in [1.165, 1.54) is 25.3 Å². The van der Waals surface area contributed by atoms with Crippen LogP contribution in [0.3, 0.4) is 0 Å². The minimum absolute atomic E-state index is 0.00239. The number of carbonyl (C=O) groups excluding carboxylic acids is 2. The zero-order valence-electron chi connectivity index (χ0n) is 16.3. The second-order valence-electron chi connectivity index (χ2n) is 7.71. The molecule has 29 heavy (non-hydrogen) atoms. The van der Waals surface area contributed by atoms with Crippen molar-refractivity contribution in [2.24, 2.45) is 5.92 Å². The number of rotatable bonds is 5. The first kappa shape index (κ1) is 19.4. The number of ether oxygens (including phenoxy) is 2. The van der Waals surface area contributed by atoms with Crippen LogP contribution in [-0.4, -0.2) is 36.0 Å². The van der Waals surface area contributed by atoms with Crippen molar-refractivity contribution in [1.29, 1.82) is 0 Å². The first-order valence-electron chi connectivity index (χ1n) is 9.93. The first-order valence-corrected chi connectivity index (χ1v) is 9.93. The van der Waals surface area contributed by atoms with E-state index in [9.17, 15) is 14.0 Å². The molecule has 2 unspecified atom stereocenters. The topological polar surface area (TPSA) is 55.8 Å². The molecule has 0 aromatic heterocycles. The summed E-state index contributed by atoms with van der Waals surface area (Å²) >= 11 is 0. The van der Waals surface area contributed by atoms with Gasteiger partial charge in [-0.25, -0.2) is 9.18 Å². The zero-order chi connectivity index (χ0) is 20.4. The maximum absolute atomic E-state index is 13.5. The van der Waals surface area contributed by atoms with E-state index in [1.54, 1.807) is 0 Å². The molecule has 2 heterocycles. The number of ketones is 1. The van der Waals surface area contributed by atoms with Crippen molar-refractivity contribution in [3.63, 3.8) is 0 Å². The van der Waals surface area contributed by atoms with Gasteiger partial charge < -0.3 is 14.4 Å². The molecule has 2 aromatic rings. The molecule has 0 radical (unpaired) electrons. The number of amides is 1. The van der Waals surface area contributed by atoms with Gasteiger partial charge in [-0.15, -0.1) is 0 Å². The van der Waals surface area contributed by atoms with E-state index in [0.29, 0.717) is 18.4 Å². The Hall–Kier alpha value is -2.89. The van der Waals surface area contributed by atoms with Gasteiger partial charge in [0, 0.05) is 24.1 Å². The van der Waals surface area contributed by atoms with Crippen molar-refractivity contribution in [3.05, 3.63) is 65.5 Å². The van der Waals surface area contributed by atoms with E-state index in [2.05, 4.69) is 0 Å². The molecular formula is C23H24FNO4. The first-order chi connectivity index (χ1) is 14.1. The Balaban J connectivity index is 1.42. The fourth-order valence-corrected chi connectivity index (χ4v) is 4.57. The van der Waals surface area contributed by atoms with Gasteiger partial charge in [0.15, 0.2) is 5.78 Å². The Labute approximate surface area is 169 Å². The fraction of sp³-hybridized carbons (Fsp3) is 0.391. The Morgan fingerprint density at radius 1 is 1.07 bits per heavy atom. The van der Waals surface area contributed by atoms with E-state index in [1.807, 2.05) is 35.2 Å². The highest BCUT2D eigenvalue weighted by Gasteiger charge is 2.46. The smallest absolute Gasteiger partial charge is 0.410 e. The minimum atomic E-state index is -0.436. The van der Waals surface area contributed by atoms with Crippen LogP contribution < -0.4 is 4.74 Å². The van der Waals surface area contributed by atoms with Gasteiger partial charge >= 0.3 is 6.09 Å². The van der Waals surface area contributed by atoms with E-state index in [4.69, 9.17) is 9.47 Å². The van der Waals surface area contributed by atoms with Crippen LogP contribution in [-0.2, 0) is 11.3 Å². The number of hydrogen-bond donors (Lipinski definition) is 0. The SMILES string of the molecule is COc1cc(F)ccc1C(=O)C1CC2CCC(C1)N2C(=O)OCc1ccccc1. The second-order valence-corrected chi connectivity index (χ2v) is 7.71. The third-order valence-corrected chi connectivity index (χ3v) is 5.95. The van der Waals surface area contributed by atoms with Gasteiger partial charge in [0.25, 0.3) is 0 Å². The number of halogens is 1. The Bertz CT molecular complexity index is 887. The van der Waals surface area contributed by atoms with Crippen LogP contribution in [0.4, 0.5) is 9.18 Å². The summed E-state index contributed by atoms with van der Waals surface area (Å²) < 4.78 is 24.2. The van der Waals surface area contributed by atoms with Gasteiger partial charge in [0.1, 0.15) is 18.2 Å². The van der Waals surface area contributed by atoms with Crippen LogP contribution >= 0.6 is 0 Å². The van der Waals surface area contributed by atoms with Gasteiger partial charge in [0.2, 0.25) is 0 Å². The lowest BCUT2D eigenvalue weighted by Crippen LogP contribution is -2.48. The predicted octanol–water partition coefficient (Wildman–Crippen LogP) is 4.60. The molecule has 5 nitrogen and oxygen atoms in total. The summed E-state index contributed by atoms with van der Waals surface area (Å²) in [6.45, 7) is 0.241. The van der Waals surface area contributed by atoms with Gasteiger partial charge in [-0.3, -0.25) is 4.79 Å². The average molecular weight is 397 g/mol. The average Bonchev–Trinajstić information content (AvgIpc) is 3.01. The Kier molecular flexibility index (Phi) is 5.51. The van der Waals surface area contributed by atoms with Gasteiger partial charge in [-0.2, -0.15) is 0 Å². The summed E-state index contributed by atoms with van der Waals surface area (Å²) in [6.07, 6.45) is 2.61. The normalized spacial score (nSPS) is 23.0. The van der Waals surface area contributed by atoms with E-state index < -0.39 is 5.82 Å². The van der Waals surface area contributed by atoms with Crippen molar-refractivity contribution in [1.82, 2.24) is 4.90 Å². The molecular weight excluding hydrogens is 373 g/mol. The van der Waals surface area contributed by atoms with Crippen LogP contribution in [0.25, 0.3) is 0 Å². The van der Waals surface area contributed by atoms with E-state index in [-0.39, 0.29) is 42.2 Å². The molecule has 2 saturated heterocycles. The Morgan fingerprint density at radius 2 is 1.76 bits per heavy atom. The van der Waals surface area contributed by atoms with Crippen LogP contribution in [0, 0.1) is 11.7 Å². The van der Waals surface area contributed by atoms with Crippen LogP contribution in [0.1, 0.15) is 41.6 Å². The van der Waals surface area contributed by atoms with E-state index in [0.717, 1.165) is 18.4 Å². The van der Waals surface area contributed by atoms with Crippen molar-refractivity contribution in [2.75, 3.05) is 7.11 Å². The molecule has 0 aliphatic carbocycles. The van der Waals surface area contributed by atoms with Crippen LogP contribution in [0.15, 0.2) is 48.5 Å². The monoisotopic (exact) mass is 397 g/mol. The lowest BCUT2D eigenvalue weighted by Gasteiger charge is -2.37. The Morgan fingerprint density at radius 3 is 2.41 bits per heavy atom. The number of carbonyl (C=O) groups is 2. The highest BCUT2D eigenvalue weighted by molar-refractivity contribution is 6.00.